The summed E-state index contributed by atoms with van der Waals surface area (Å²) in [4.78, 5) is 18.0. The first-order valence-corrected chi connectivity index (χ1v) is 4.95. The van der Waals surface area contributed by atoms with Crippen LogP contribution in [0.3, 0.4) is 0 Å². The SMILES string of the molecule is O=c1cc(O)nc(-c2cc(Cl)cs2)[nH]1. The van der Waals surface area contributed by atoms with Crippen LogP contribution in [0.15, 0.2) is 22.3 Å². The van der Waals surface area contributed by atoms with Crippen LogP contribution in [0, 0.1) is 0 Å². The van der Waals surface area contributed by atoms with Gasteiger partial charge >= 0.3 is 0 Å². The molecule has 0 amide bonds. The zero-order chi connectivity index (χ0) is 10.1. The van der Waals surface area contributed by atoms with E-state index in [9.17, 15) is 4.79 Å². The van der Waals surface area contributed by atoms with Gasteiger partial charge in [0.05, 0.1) is 16.0 Å². The number of halogens is 1. The van der Waals surface area contributed by atoms with Gasteiger partial charge in [0.2, 0.25) is 5.88 Å². The molecule has 0 aliphatic carbocycles. The van der Waals surface area contributed by atoms with Gasteiger partial charge in [-0.25, -0.2) is 0 Å². The molecule has 0 aromatic carbocycles. The van der Waals surface area contributed by atoms with Gasteiger partial charge in [-0.05, 0) is 6.07 Å². The van der Waals surface area contributed by atoms with Gasteiger partial charge in [0, 0.05) is 5.38 Å². The van der Waals surface area contributed by atoms with Gasteiger partial charge in [-0.1, -0.05) is 11.6 Å². The Hall–Kier alpha value is -1.33. The van der Waals surface area contributed by atoms with E-state index < -0.39 is 5.56 Å². The second kappa shape index (κ2) is 3.43. The van der Waals surface area contributed by atoms with Crippen LogP contribution in [-0.4, -0.2) is 15.1 Å². The van der Waals surface area contributed by atoms with Crippen LogP contribution in [0.25, 0.3) is 10.7 Å². The first-order chi connectivity index (χ1) is 6.65. The standard InChI is InChI=1S/C8H5ClN2O2S/c9-4-1-5(14-3-4)8-10-6(12)2-7(13)11-8/h1-3H,(H2,10,11,12,13). The molecule has 2 aromatic heterocycles. The molecule has 0 atom stereocenters. The predicted molar refractivity (Wildman–Crippen MR) is 54.8 cm³/mol. The fourth-order valence-electron chi connectivity index (χ4n) is 0.999. The third-order valence-corrected chi connectivity index (χ3v) is 2.81. The van der Waals surface area contributed by atoms with Crippen molar-refractivity contribution >= 4 is 22.9 Å². The average molecular weight is 229 g/mol. The molecule has 0 radical (unpaired) electrons. The van der Waals surface area contributed by atoms with Crippen LogP contribution in [-0.2, 0) is 0 Å². The Balaban J connectivity index is 2.56. The summed E-state index contributed by atoms with van der Waals surface area (Å²) in [6, 6.07) is 2.68. The summed E-state index contributed by atoms with van der Waals surface area (Å²) in [5.74, 6) is 0.0279. The summed E-state index contributed by atoms with van der Waals surface area (Å²) in [6.07, 6.45) is 0. The maximum atomic E-state index is 11.0. The molecule has 0 saturated carbocycles. The summed E-state index contributed by atoms with van der Waals surface area (Å²) in [7, 11) is 0. The number of aromatic nitrogens is 2. The summed E-state index contributed by atoms with van der Waals surface area (Å²) < 4.78 is 0. The van der Waals surface area contributed by atoms with Gasteiger partial charge in [-0.2, -0.15) is 4.98 Å². The number of nitrogens with one attached hydrogen (secondary N) is 1. The third-order valence-electron chi connectivity index (χ3n) is 1.53. The molecule has 0 aliphatic heterocycles. The van der Waals surface area contributed by atoms with E-state index in [0.29, 0.717) is 15.7 Å². The largest absolute Gasteiger partial charge is 0.493 e. The van der Waals surface area contributed by atoms with Crippen molar-refractivity contribution in [3.05, 3.63) is 32.9 Å². The number of rotatable bonds is 1. The monoisotopic (exact) mass is 228 g/mol. The number of hydrogen-bond donors (Lipinski definition) is 2. The van der Waals surface area contributed by atoms with Gasteiger partial charge in [0.15, 0.2) is 5.82 Å². The van der Waals surface area contributed by atoms with E-state index >= 15 is 0 Å². The quantitative estimate of drug-likeness (QED) is 0.783. The van der Waals surface area contributed by atoms with Gasteiger partial charge in [-0.3, -0.25) is 4.79 Å². The Labute approximate surface area is 87.8 Å². The van der Waals surface area contributed by atoms with Crippen molar-refractivity contribution in [1.82, 2.24) is 9.97 Å². The van der Waals surface area contributed by atoms with Crippen LogP contribution < -0.4 is 5.56 Å². The minimum atomic E-state index is -0.392. The van der Waals surface area contributed by atoms with E-state index in [1.165, 1.54) is 11.3 Å². The van der Waals surface area contributed by atoms with Gasteiger partial charge < -0.3 is 10.1 Å². The molecule has 0 fully saturated rings. The van der Waals surface area contributed by atoms with Gasteiger partial charge in [-0.15, -0.1) is 11.3 Å². The van der Waals surface area contributed by atoms with Crippen LogP contribution >= 0.6 is 22.9 Å². The molecule has 2 N–H and O–H groups in total. The fraction of sp³-hybridized carbons (Fsp3) is 0. The van der Waals surface area contributed by atoms with Crippen LogP contribution in [0.5, 0.6) is 5.88 Å². The number of H-pyrrole nitrogens is 1. The maximum Gasteiger partial charge on any atom is 0.254 e. The lowest BCUT2D eigenvalue weighted by molar-refractivity contribution is 0.452. The van der Waals surface area contributed by atoms with Crippen LogP contribution in [0.4, 0.5) is 0 Å². The number of hydrogen-bond acceptors (Lipinski definition) is 4. The fourth-order valence-corrected chi connectivity index (χ4v) is 2.02. The Morgan fingerprint density at radius 3 is 2.86 bits per heavy atom. The topological polar surface area (TPSA) is 66.0 Å². The second-order valence-electron chi connectivity index (χ2n) is 2.58. The van der Waals surface area contributed by atoms with Crippen molar-refractivity contribution in [2.75, 3.05) is 0 Å². The molecule has 4 nitrogen and oxygen atoms in total. The summed E-state index contributed by atoms with van der Waals surface area (Å²) in [6.45, 7) is 0. The maximum absolute atomic E-state index is 11.0. The van der Waals surface area contributed by atoms with Crippen molar-refractivity contribution < 1.29 is 5.11 Å². The Morgan fingerprint density at radius 2 is 2.29 bits per heavy atom. The summed E-state index contributed by atoms with van der Waals surface area (Å²) in [5.41, 5.74) is -0.392. The highest BCUT2D eigenvalue weighted by Crippen LogP contribution is 2.26. The van der Waals surface area contributed by atoms with E-state index in [-0.39, 0.29) is 5.88 Å². The molecular formula is C8H5ClN2O2S. The third kappa shape index (κ3) is 1.78. The van der Waals surface area contributed by atoms with Crippen molar-refractivity contribution in [3.8, 4) is 16.6 Å². The van der Waals surface area contributed by atoms with Crippen molar-refractivity contribution in [3.63, 3.8) is 0 Å². The predicted octanol–water partition coefficient (Wildman–Crippen LogP) is 1.86. The molecule has 0 bridgehead atoms. The first kappa shape index (κ1) is 9.23. The highest BCUT2D eigenvalue weighted by molar-refractivity contribution is 7.14. The zero-order valence-electron chi connectivity index (χ0n) is 6.82. The van der Waals surface area contributed by atoms with Crippen LogP contribution in [0.2, 0.25) is 5.02 Å². The normalized spacial score (nSPS) is 10.4. The Kier molecular flexibility index (Phi) is 2.26. The Morgan fingerprint density at radius 1 is 1.50 bits per heavy atom. The van der Waals surface area contributed by atoms with Crippen molar-refractivity contribution in [2.45, 2.75) is 0 Å². The average Bonchev–Trinajstić information content (AvgIpc) is 2.50. The minimum Gasteiger partial charge on any atom is -0.493 e. The molecule has 2 rings (SSSR count). The van der Waals surface area contributed by atoms with E-state index in [0.717, 1.165) is 6.07 Å². The summed E-state index contributed by atoms with van der Waals surface area (Å²) in [5, 5.41) is 11.4. The summed E-state index contributed by atoms with van der Waals surface area (Å²) >= 11 is 7.06. The number of aromatic hydroxyl groups is 1. The highest BCUT2D eigenvalue weighted by Gasteiger charge is 2.05. The minimum absolute atomic E-state index is 0.298. The molecule has 72 valence electrons. The van der Waals surface area contributed by atoms with E-state index in [4.69, 9.17) is 16.7 Å². The molecule has 0 aliphatic rings. The van der Waals surface area contributed by atoms with E-state index in [1.807, 2.05) is 0 Å². The lowest BCUT2D eigenvalue weighted by Crippen LogP contribution is -2.05. The lowest BCUT2D eigenvalue weighted by Gasteiger charge is -1.95. The molecule has 0 saturated heterocycles. The van der Waals surface area contributed by atoms with Crippen molar-refractivity contribution in [1.29, 1.82) is 0 Å². The molecular weight excluding hydrogens is 224 g/mol. The lowest BCUT2D eigenvalue weighted by atomic mass is 10.4. The number of nitrogens with zero attached hydrogens (tertiary/aromatic N) is 1. The zero-order valence-corrected chi connectivity index (χ0v) is 8.39. The Bertz CT molecular complexity index is 520. The molecule has 14 heavy (non-hydrogen) atoms. The molecule has 2 heterocycles. The number of thiophene rings is 1. The highest BCUT2D eigenvalue weighted by atomic mass is 35.5. The number of aromatic amines is 1. The van der Waals surface area contributed by atoms with E-state index in [2.05, 4.69) is 9.97 Å². The molecule has 6 heteroatoms. The van der Waals surface area contributed by atoms with Crippen LogP contribution in [0.1, 0.15) is 0 Å². The molecule has 0 unspecified atom stereocenters. The molecule has 0 spiro atoms. The van der Waals surface area contributed by atoms with E-state index in [1.54, 1.807) is 11.4 Å². The first-order valence-electron chi connectivity index (χ1n) is 3.70. The van der Waals surface area contributed by atoms with Crippen molar-refractivity contribution in [2.24, 2.45) is 0 Å². The molecule has 2 aromatic rings. The second-order valence-corrected chi connectivity index (χ2v) is 3.93. The van der Waals surface area contributed by atoms with Gasteiger partial charge in [0.1, 0.15) is 0 Å². The smallest absolute Gasteiger partial charge is 0.254 e. The van der Waals surface area contributed by atoms with Gasteiger partial charge in [0.25, 0.3) is 5.56 Å².